The van der Waals surface area contributed by atoms with Gasteiger partial charge >= 0.3 is 11.9 Å². The van der Waals surface area contributed by atoms with Gasteiger partial charge in [-0.05, 0) is 39.8 Å². The van der Waals surface area contributed by atoms with Crippen molar-refractivity contribution in [2.45, 2.75) is 27.7 Å². The number of anilines is 3. The van der Waals surface area contributed by atoms with Crippen molar-refractivity contribution in [3.8, 4) is 0 Å². The van der Waals surface area contributed by atoms with Crippen LogP contribution >= 0.6 is 0 Å². The first-order valence-corrected chi connectivity index (χ1v) is 9.29. The smallest absolute Gasteiger partial charge is 0.339 e. The van der Waals surface area contributed by atoms with Crippen LogP contribution in [0, 0.1) is 13.8 Å². The molecule has 0 fully saturated rings. The molecule has 30 heavy (non-hydrogen) atoms. The fourth-order valence-electron chi connectivity index (χ4n) is 2.54. The molecule has 0 aliphatic carbocycles. The molecule has 3 rings (SSSR count). The summed E-state index contributed by atoms with van der Waals surface area (Å²) in [5.41, 5.74) is 20.8. The number of esters is 2. The Morgan fingerprint density at radius 1 is 0.967 bits per heavy atom. The standard InChI is InChI=1S/C12H15N3O2.C8H11N3O2/c1-4-17-12(16)9-5-10(13)11-14-7(2)8(3)15(11)6-9;1-2-13-8(12)5-3-6(9)7(10)11-4-5/h5-6H,4,13H2,1-3H3;3-4H,2,9H2,1H3,(H2,10,11). The van der Waals surface area contributed by atoms with Crippen LogP contribution in [0.2, 0.25) is 0 Å². The van der Waals surface area contributed by atoms with Crippen LogP contribution in [0.5, 0.6) is 0 Å². The molecule has 0 bridgehead atoms. The summed E-state index contributed by atoms with van der Waals surface area (Å²) in [6.45, 7) is 8.01. The summed E-state index contributed by atoms with van der Waals surface area (Å²) >= 11 is 0. The predicted molar refractivity (Wildman–Crippen MR) is 114 cm³/mol. The van der Waals surface area contributed by atoms with Gasteiger partial charge < -0.3 is 31.1 Å². The highest BCUT2D eigenvalue weighted by molar-refractivity contribution is 5.91. The maximum atomic E-state index is 11.6. The molecule has 0 aliphatic heterocycles. The molecule has 0 aliphatic rings. The molecule has 0 radical (unpaired) electrons. The average molecular weight is 414 g/mol. The summed E-state index contributed by atoms with van der Waals surface area (Å²) in [6, 6.07) is 3.04. The number of pyridine rings is 2. The van der Waals surface area contributed by atoms with E-state index in [1.165, 1.54) is 12.3 Å². The topological polar surface area (TPSA) is 161 Å². The van der Waals surface area contributed by atoms with Crippen molar-refractivity contribution in [2.24, 2.45) is 0 Å². The van der Waals surface area contributed by atoms with E-state index in [2.05, 4.69) is 9.97 Å². The summed E-state index contributed by atoms with van der Waals surface area (Å²) in [6.07, 6.45) is 3.04. The van der Waals surface area contributed by atoms with Gasteiger partial charge in [-0.25, -0.2) is 19.6 Å². The van der Waals surface area contributed by atoms with Gasteiger partial charge in [-0.3, -0.25) is 0 Å². The number of hydrogen-bond donors (Lipinski definition) is 3. The number of carbonyl (C=O) groups is 2. The van der Waals surface area contributed by atoms with E-state index in [4.69, 9.17) is 26.7 Å². The molecule has 0 atom stereocenters. The quantitative estimate of drug-likeness (QED) is 0.543. The highest BCUT2D eigenvalue weighted by atomic mass is 16.5. The minimum Gasteiger partial charge on any atom is -0.462 e. The molecule has 10 heteroatoms. The van der Waals surface area contributed by atoms with E-state index < -0.39 is 5.97 Å². The SMILES string of the molecule is CCOC(=O)c1cc(N)c2nc(C)c(C)n2c1.CCOC(=O)c1cnc(N)c(N)c1. The number of rotatable bonds is 4. The minimum atomic E-state index is -0.443. The predicted octanol–water partition coefficient (Wildman–Crippen LogP) is 2.13. The highest BCUT2D eigenvalue weighted by Crippen LogP contribution is 2.19. The van der Waals surface area contributed by atoms with Gasteiger partial charge in [0.25, 0.3) is 0 Å². The second kappa shape index (κ2) is 9.59. The van der Waals surface area contributed by atoms with Gasteiger partial charge in [0.15, 0.2) is 5.65 Å². The summed E-state index contributed by atoms with van der Waals surface area (Å²) in [5.74, 6) is -0.596. The number of carbonyl (C=O) groups excluding carboxylic acids is 2. The normalized spacial score (nSPS) is 10.3. The Labute approximate surface area is 174 Å². The van der Waals surface area contributed by atoms with Gasteiger partial charge in [-0.1, -0.05) is 0 Å². The number of nitrogens with zero attached hydrogens (tertiary/aromatic N) is 3. The van der Waals surface area contributed by atoms with Crippen LogP contribution in [0.25, 0.3) is 5.65 Å². The third-order valence-corrected chi connectivity index (χ3v) is 4.20. The van der Waals surface area contributed by atoms with Crippen molar-refractivity contribution in [1.82, 2.24) is 14.4 Å². The van der Waals surface area contributed by atoms with Gasteiger partial charge in [0.2, 0.25) is 0 Å². The lowest BCUT2D eigenvalue weighted by molar-refractivity contribution is 0.0516. The zero-order valence-corrected chi connectivity index (χ0v) is 17.4. The lowest BCUT2D eigenvalue weighted by Gasteiger charge is -2.05. The van der Waals surface area contributed by atoms with Crippen LogP contribution in [-0.4, -0.2) is 39.5 Å². The number of imidazole rings is 1. The molecule has 0 unspecified atom stereocenters. The zero-order valence-electron chi connectivity index (χ0n) is 17.4. The Balaban J connectivity index is 0.000000222. The van der Waals surface area contributed by atoms with Crippen molar-refractivity contribution in [2.75, 3.05) is 30.4 Å². The van der Waals surface area contributed by atoms with Crippen molar-refractivity contribution in [3.05, 3.63) is 47.0 Å². The van der Waals surface area contributed by atoms with Crippen LogP contribution in [0.4, 0.5) is 17.2 Å². The zero-order chi connectivity index (χ0) is 22.4. The van der Waals surface area contributed by atoms with Crippen molar-refractivity contribution in [3.63, 3.8) is 0 Å². The number of hydrogen-bond acceptors (Lipinski definition) is 9. The Bertz CT molecular complexity index is 1080. The number of ether oxygens (including phenoxy) is 2. The highest BCUT2D eigenvalue weighted by Gasteiger charge is 2.13. The van der Waals surface area contributed by atoms with Crippen molar-refractivity contribution in [1.29, 1.82) is 0 Å². The Morgan fingerprint density at radius 3 is 2.10 bits per heavy atom. The molecule has 3 aromatic heterocycles. The second-order valence-electron chi connectivity index (χ2n) is 6.30. The first kappa shape index (κ1) is 22.5. The molecule has 0 spiro atoms. The lowest BCUT2D eigenvalue weighted by atomic mass is 10.2. The van der Waals surface area contributed by atoms with E-state index in [0.717, 1.165) is 11.4 Å². The Hall–Kier alpha value is -3.82. The van der Waals surface area contributed by atoms with Crippen LogP contribution < -0.4 is 17.2 Å². The van der Waals surface area contributed by atoms with E-state index in [1.807, 2.05) is 18.2 Å². The molecule has 0 aromatic carbocycles. The molecular formula is C20H26N6O4. The Morgan fingerprint density at radius 2 is 1.53 bits per heavy atom. The molecule has 0 saturated heterocycles. The van der Waals surface area contributed by atoms with E-state index in [-0.39, 0.29) is 17.5 Å². The fourth-order valence-corrected chi connectivity index (χ4v) is 2.54. The lowest BCUT2D eigenvalue weighted by Crippen LogP contribution is -2.07. The van der Waals surface area contributed by atoms with Gasteiger partial charge in [-0.2, -0.15) is 0 Å². The molecule has 3 aromatic rings. The summed E-state index contributed by atoms with van der Waals surface area (Å²) in [5, 5.41) is 0. The average Bonchev–Trinajstić information content (AvgIpc) is 3.00. The molecular weight excluding hydrogens is 388 g/mol. The van der Waals surface area contributed by atoms with E-state index >= 15 is 0 Å². The summed E-state index contributed by atoms with van der Waals surface area (Å²) in [7, 11) is 0. The molecule has 0 saturated carbocycles. The molecule has 10 nitrogen and oxygen atoms in total. The summed E-state index contributed by atoms with van der Waals surface area (Å²) in [4.78, 5) is 30.9. The maximum absolute atomic E-state index is 11.6. The Kier molecular flexibility index (Phi) is 7.18. The van der Waals surface area contributed by atoms with Crippen molar-refractivity contribution >= 4 is 34.8 Å². The van der Waals surface area contributed by atoms with Crippen LogP contribution in [-0.2, 0) is 9.47 Å². The van der Waals surface area contributed by atoms with E-state index in [9.17, 15) is 9.59 Å². The number of fused-ring (bicyclic) bond motifs is 1. The monoisotopic (exact) mass is 414 g/mol. The third kappa shape index (κ3) is 4.96. The maximum Gasteiger partial charge on any atom is 0.339 e. The second-order valence-corrected chi connectivity index (χ2v) is 6.30. The van der Waals surface area contributed by atoms with Crippen molar-refractivity contribution < 1.29 is 19.1 Å². The first-order chi connectivity index (χ1) is 14.2. The molecule has 160 valence electrons. The number of aromatic nitrogens is 3. The van der Waals surface area contributed by atoms with Crippen LogP contribution in [0.1, 0.15) is 46.0 Å². The first-order valence-electron chi connectivity index (χ1n) is 9.29. The van der Waals surface area contributed by atoms with Gasteiger partial charge in [-0.15, -0.1) is 0 Å². The molecule has 0 amide bonds. The fraction of sp³-hybridized carbons (Fsp3) is 0.300. The number of aryl methyl sites for hydroxylation is 2. The molecule has 3 heterocycles. The van der Waals surface area contributed by atoms with E-state index in [1.54, 1.807) is 26.1 Å². The number of nitrogen functional groups attached to an aromatic ring is 3. The minimum absolute atomic E-state index is 0.216. The largest absolute Gasteiger partial charge is 0.462 e. The van der Waals surface area contributed by atoms with Gasteiger partial charge in [0, 0.05) is 18.1 Å². The van der Waals surface area contributed by atoms with Crippen LogP contribution in [0.3, 0.4) is 0 Å². The summed E-state index contributed by atoms with van der Waals surface area (Å²) < 4.78 is 11.5. The van der Waals surface area contributed by atoms with Gasteiger partial charge in [0.1, 0.15) is 5.82 Å². The molecule has 6 N–H and O–H groups in total. The number of nitrogens with two attached hydrogens (primary N) is 3. The van der Waals surface area contributed by atoms with Crippen LogP contribution in [0.15, 0.2) is 24.5 Å². The van der Waals surface area contributed by atoms with Gasteiger partial charge in [0.05, 0.1) is 41.4 Å². The van der Waals surface area contributed by atoms with E-state index in [0.29, 0.717) is 35.7 Å². The third-order valence-electron chi connectivity index (χ3n) is 4.20.